The second-order valence-corrected chi connectivity index (χ2v) is 7.70. The van der Waals surface area contributed by atoms with Crippen LogP contribution in [-0.4, -0.2) is 59.0 Å². The summed E-state index contributed by atoms with van der Waals surface area (Å²) >= 11 is 0. The Morgan fingerprint density at radius 1 is 1.12 bits per heavy atom. The maximum atomic E-state index is 15.0. The van der Waals surface area contributed by atoms with Crippen molar-refractivity contribution in [2.75, 3.05) is 38.1 Å². The molecule has 0 aromatic carbocycles. The van der Waals surface area contributed by atoms with Crippen molar-refractivity contribution in [1.82, 2.24) is 25.2 Å². The van der Waals surface area contributed by atoms with Crippen LogP contribution >= 0.6 is 0 Å². The predicted octanol–water partition coefficient (Wildman–Crippen LogP) is 1.84. The number of amides is 1. The molecule has 3 aromatic heterocycles. The molecular weight excluding hydrogens is 418 g/mol. The largest absolute Gasteiger partial charge is 0.368 e. The van der Waals surface area contributed by atoms with Gasteiger partial charge < -0.3 is 15.2 Å². The van der Waals surface area contributed by atoms with Crippen LogP contribution in [0.25, 0.3) is 11.0 Å². The molecule has 8 nitrogen and oxygen atoms in total. The zero-order chi connectivity index (χ0) is 22.8. The molecule has 1 saturated heterocycles. The highest BCUT2D eigenvalue weighted by atomic mass is 19.1. The molecule has 3 aromatic rings. The number of halogens is 2. The summed E-state index contributed by atoms with van der Waals surface area (Å²) in [7, 11) is 1.42. The maximum absolute atomic E-state index is 15.0. The Labute approximate surface area is 183 Å². The zero-order valence-corrected chi connectivity index (χ0v) is 17.9. The fourth-order valence-corrected chi connectivity index (χ4v) is 3.86. The lowest BCUT2D eigenvalue weighted by Crippen LogP contribution is -2.46. The lowest BCUT2D eigenvalue weighted by molar-refractivity contribution is 0.0953. The summed E-state index contributed by atoms with van der Waals surface area (Å²) in [4.78, 5) is 38.6. The summed E-state index contributed by atoms with van der Waals surface area (Å²) in [5.41, 5.74) is 1.60. The van der Waals surface area contributed by atoms with Gasteiger partial charge in [0, 0.05) is 63.2 Å². The molecule has 0 saturated carbocycles. The Hall–Kier alpha value is -3.40. The van der Waals surface area contributed by atoms with E-state index in [0.29, 0.717) is 61.5 Å². The van der Waals surface area contributed by atoms with Crippen molar-refractivity contribution >= 4 is 22.6 Å². The number of piperazine rings is 1. The zero-order valence-electron chi connectivity index (χ0n) is 17.9. The van der Waals surface area contributed by atoms with E-state index < -0.39 is 17.5 Å². The Balaban J connectivity index is 1.45. The monoisotopic (exact) mass is 442 g/mol. The molecule has 0 spiro atoms. The van der Waals surface area contributed by atoms with Crippen molar-refractivity contribution in [3.8, 4) is 0 Å². The van der Waals surface area contributed by atoms with E-state index in [1.165, 1.54) is 25.5 Å². The molecule has 0 radical (unpaired) electrons. The van der Waals surface area contributed by atoms with Gasteiger partial charge in [0.15, 0.2) is 17.3 Å². The summed E-state index contributed by atoms with van der Waals surface area (Å²) in [6.07, 6.45) is 3.55. The van der Waals surface area contributed by atoms with Crippen LogP contribution in [0.5, 0.6) is 0 Å². The molecule has 4 rings (SSSR count). The molecule has 1 aliphatic heterocycles. The van der Waals surface area contributed by atoms with E-state index in [2.05, 4.69) is 25.2 Å². The highest BCUT2D eigenvalue weighted by molar-refractivity contribution is 5.92. The molecule has 168 valence electrons. The molecule has 0 bridgehead atoms. The fourth-order valence-electron chi connectivity index (χ4n) is 3.86. The molecule has 4 heterocycles. The van der Waals surface area contributed by atoms with Crippen LogP contribution in [0.15, 0.2) is 29.3 Å². The molecule has 0 unspecified atom stereocenters. The summed E-state index contributed by atoms with van der Waals surface area (Å²) in [6.45, 7) is 4.66. The summed E-state index contributed by atoms with van der Waals surface area (Å²) in [5, 5.41) is 2.36. The number of hydrogen-bond acceptors (Lipinski definition) is 6. The fraction of sp³-hybridized carbons (Fsp3) is 0.364. The maximum Gasteiger partial charge on any atom is 0.272 e. The predicted molar refractivity (Wildman–Crippen MR) is 117 cm³/mol. The number of carbonyl (C=O) groups excluding carboxylic acids is 1. The molecule has 0 atom stereocenters. The number of aromatic nitrogens is 3. The molecule has 10 heteroatoms. The van der Waals surface area contributed by atoms with Gasteiger partial charge in [-0.15, -0.1) is 0 Å². The lowest BCUT2D eigenvalue weighted by atomic mass is 10.1. The Kier molecular flexibility index (Phi) is 6.13. The van der Waals surface area contributed by atoms with Gasteiger partial charge in [-0.2, -0.15) is 0 Å². The van der Waals surface area contributed by atoms with Gasteiger partial charge in [-0.3, -0.25) is 19.5 Å². The first-order chi connectivity index (χ1) is 15.4. The van der Waals surface area contributed by atoms with E-state index in [1.54, 1.807) is 6.07 Å². The average molecular weight is 442 g/mol. The Morgan fingerprint density at radius 3 is 2.53 bits per heavy atom. The summed E-state index contributed by atoms with van der Waals surface area (Å²) < 4.78 is 29.2. The van der Waals surface area contributed by atoms with Gasteiger partial charge in [-0.05, 0) is 12.5 Å². The van der Waals surface area contributed by atoms with Crippen LogP contribution in [0.1, 0.15) is 28.5 Å². The molecule has 1 fully saturated rings. The number of pyridine rings is 3. The molecule has 32 heavy (non-hydrogen) atoms. The number of H-pyrrole nitrogens is 1. The van der Waals surface area contributed by atoms with E-state index in [1.807, 2.05) is 11.8 Å². The van der Waals surface area contributed by atoms with Gasteiger partial charge in [0.1, 0.15) is 5.52 Å². The second kappa shape index (κ2) is 8.99. The van der Waals surface area contributed by atoms with Crippen LogP contribution in [-0.2, 0) is 13.0 Å². The minimum atomic E-state index is -0.672. The summed E-state index contributed by atoms with van der Waals surface area (Å²) in [5.74, 6) is -1.71. The quantitative estimate of drug-likeness (QED) is 0.626. The Bertz CT molecular complexity index is 1220. The van der Waals surface area contributed by atoms with E-state index in [0.717, 1.165) is 0 Å². The third-order valence-electron chi connectivity index (χ3n) is 5.74. The van der Waals surface area contributed by atoms with Crippen molar-refractivity contribution in [3.63, 3.8) is 0 Å². The van der Waals surface area contributed by atoms with Crippen LogP contribution in [0.4, 0.5) is 14.5 Å². The summed E-state index contributed by atoms with van der Waals surface area (Å²) in [6, 6.07) is 2.93. The number of fused-ring (bicyclic) bond motifs is 1. The minimum Gasteiger partial charge on any atom is -0.368 e. The average Bonchev–Trinajstić information content (AvgIpc) is 2.81. The van der Waals surface area contributed by atoms with Crippen molar-refractivity contribution in [1.29, 1.82) is 0 Å². The number of nitrogens with one attached hydrogen (secondary N) is 2. The van der Waals surface area contributed by atoms with Crippen molar-refractivity contribution in [2.24, 2.45) is 0 Å². The van der Waals surface area contributed by atoms with E-state index in [4.69, 9.17) is 0 Å². The third kappa shape index (κ3) is 4.18. The van der Waals surface area contributed by atoms with Gasteiger partial charge in [-0.1, -0.05) is 6.92 Å². The van der Waals surface area contributed by atoms with Gasteiger partial charge in [0.05, 0.1) is 17.4 Å². The molecular formula is C22H24F2N6O2. The smallest absolute Gasteiger partial charge is 0.272 e. The first-order valence-electron chi connectivity index (χ1n) is 10.5. The third-order valence-corrected chi connectivity index (χ3v) is 5.74. The molecule has 1 amide bonds. The van der Waals surface area contributed by atoms with Crippen molar-refractivity contribution in [2.45, 2.75) is 19.9 Å². The van der Waals surface area contributed by atoms with Crippen LogP contribution in [0.3, 0.4) is 0 Å². The topological polar surface area (TPSA) is 94.2 Å². The van der Waals surface area contributed by atoms with Crippen LogP contribution < -0.4 is 15.8 Å². The first kappa shape index (κ1) is 21.8. The number of aryl methyl sites for hydroxylation is 1. The Morgan fingerprint density at radius 2 is 1.88 bits per heavy atom. The van der Waals surface area contributed by atoms with Crippen molar-refractivity contribution in [3.05, 3.63) is 63.3 Å². The second-order valence-electron chi connectivity index (χ2n) is 7.70. The van der Waals surface area contributed by atoms with Gasteiger partial charge >= 0.3 is 0 Å². The minimum absolute atomic E-state index is 0.126. The number of carbonyl (C=O) groups is 1. The highest BCUT2D eigenvalue weighted by Gasteiger charge is 2.22. The number of aromatic amines is 1. The lowest BCUT2D eigenvalue weighted by Gasteiger charge is -2.36. The van der Waals surface area contributed by atoms with Crippen molar-refractivity contribution < 1.29 is 13.6 Å². The number of hydrogen-bond donors (Lipinski definition) is 2. The highest BCUT2D eigenvalue weighted by Crippen LogP contribution is 2.21. The van der Waals surface area contributed by atoms with Gasteiger partial charge in [0.2, 0.25) is 0 Å². The first-order valence-corrected chi connectivity index (χ1v) is 10.5. The van der Waals surface area contributed by atoms with E-state index in [9.17, 15) is 14.0 Å². The molecule has 0 aliphatic carbocycles. The van der Waals surface area contributed by atoms with E-state index >= 15 is 4.39 Å². The molecule has 2 N–H and O–H groups in total. The van der Waals surface area contributed by atoms with Gasteiger partial charge in [0.25, 0.3) is 11.5 Å². The number of rotatable bonds is 5. The van der Waals surface area contributed by atoms with Crippen LogP contribution in [0, 0.1) is 11.6 Å². The normalized spacial score (nSPS) is 14.7. The molecule has 1 aliphatic rings. The number of nitrogens with zero attached hydrogens (tertiary/aromatic N) is 4. The standard InChI is InChI=1S/C22H24F2N6O2/c1-3-13-8-17-20(28-21(13)31)18(24)14(10-26-17)12-29-4-6-30(7-5-29)15-9-16(23)19(27-11-15)22(32)25-2/h8-11H,3-7,12H2,1-2H3,(H,25,32)(H,28,31). The SMILES string of the molecule is CCc1cc2ncc(CN3CCN(c4cnc(C(=O)NC)c(F)c4)CC3)c(F)c2[nH]c1=O. The number of anilines is 1. The van der Waals surface area contributed by atoms with Gasteiger partial charge in [-0.25, -0.2) is 13.8 Å². The van der Waals surface area contributed by atoms with E-state index in [-0.39, 0.29) is 16.8 Å². The van der Waals surface area contributed by atoms with Crippen LogP contribution in [0.2, 0.25) is 0 Å².